The number of anilines is 2. The van der Waals surface area contributed by atoms with Gasteiger partial charge in [0.25, 0.3) is 17.4 Å². The van der Waals surface area contributed by atoms with Gasteiger partial charge in [-0.05, 0) is 80.8 Å². The molecule has 0 spiro atoms. The number of hydrogen-bond acceptors (Lipinski definition) is 6. The SMILES string of the molecule is Cc1cccn2c(=O)c3cc(C(=O)Nc4sc5c(c4C(=O)Nc4ccccc4)CCCC5)c(=N)n(C4CCCC4)c3nc12. The molecule has 9 nitrogen and oxygen atoms in total. The molecule has 0 unspecified atom stereocenters. The fraction of sp³-hybridized carbons (Fsp3) is 0.303. The van der Waals surface area contributed by atoms with Gasteiger partial charge in [0.15, 0.2) is 0 Å². The van der Waals surface area contributed by atoms with Crippen LogP contribution in [0.5, 0.6) is 0 Å². The van der Waals surface area contributed by atoms with Crippen LogP contribution in [0.15, 0.2) is 59.5 Å². The van der Waals surface area contributed by atoms with Crippen LogP contribution in [0, 0.1) is 12.3 Å². The largest absolute Gasteiger partial charge is 0.322 e. The van der Waals surface area contributed by atoms with Gasteiger partial charge in [-0.25, -0.2) is 4.98 Å². The van der Waals surface area contributed by atoms with E-state index in [0.29, 0.717) is 32.9 Å². The highest BCUT2D eigenvalue weighted by molar-refractivity contribution is 7.17. The predicted octanol–water partition coefficient (Wildman–Crippen LogP) is 6.00. The van der Waals surface area contributed by atoms with Crippen LogP contribution in [0.25, 0.3) is 16.7 Å². The molecule has 1 aromatic carbocycles. The number of aryl methyl sites for hydroxylation is 2. The highest BCUT2D eigenvalue weighted by atomic mass is 32.1. The maximum absolute atomic E-state index is 14.0. The maximum Gasteiger partial charge on any atom is 0.267 e. The summed E-state index contributed by atoms with van der Waals surface area (Å²) in [5, 5.41) is 16.0. The fourth-order valence-corrected chi connectivity index (χ4v) is 7.81. The van der Waals surface area contributed by atoms with E-state index in [0.717, 1.165) is 67.4 Å². The topological polar surface area (TPSA) is 121 Å². The van der Waals surface area contributed by atoms with Gasteiger partial charge < -0.3 is 15.2 Å². The first kappa shape index (κ1) is 27.3. The van der Waals surface area contributed by atoms with Gasteiger partial charge in [0.2, 0.25) is 0 Å². The Morgan fingerprint density at radius 2 is 1.72 bits per heavy atom. The third-order valence-electron chi connectivity index (χ3n) is 8.67. The van der Waals surface area contributed by atoms with Gasteiger partial charge in [-0.1, -0.05) is 37.1 Å². The molecule has 2 aliphatic carbocycles. The molecule has 0 aliphatic heterocycles. The van der Waals surface area contributed by atoms with Crippen LogP contribution >= 0.6 is 11.3 Å². The van der Waals surface area contributed by atoms with Gasteiger partial charge in [0, 0.05) is 22.8 Å². The zero-order valence-electron chi connectivity index (χ0n) is 23.9. The molecule has 0 bridgehead atoms. The van der Waals surface area contributed by atoms with Crippen molar-refractivity contribution in [1.82, 2.24) is 14.0 Å². The van der Waals surface area contributed by atoms with Crippen molar-refractivity contribution in [3.05, 3.63) is 97.7 Å². The van der Waals surface area contributed by atoms with Crippen molar-refractivity contribution in [1.29, 1.82) is 5.41 Å². The summed E-state index contributed by atoms with van der Waals surface area (Å²) in [5.41, 5.74) is 3.81. The van der Waals surface area contributed by atoms with E-state index >= 15 is 0 Å². The second kappa shape index (κ2) is 10.9. The van der Waals surface area contributed by atoms with Crippen molar-refractivity contribution in [2.45, 2.75) is 64.3 Å². The summed E-state index contributed by atoms with van der Waals surface area (Å²) in [7, 11) is 0. The molecule has 0 atom stereocenters. The van der Waals surface area contributed by atoms with Crippen molar-refractivity contribution in [2.24, 2.45) is 0 Å². The van der Waals surface area contributed by atoms with Gasteiger partial charge in [-0.15, -0.1) is 11.3 Å². The lowest BCUT2D eigenvalue weighted by molar-refractivity contribution is 0.102. The van der Waals surface area contributed by atoms with Crippen molar-refractivity contribution in [3.8, 4) is 0 Å². The van der Waals surface area contributed by atoms with E-state index < -0.39 is 5.91 Å². The van der Waals surface area contributed by atoms with Gasteiger partial charge in [0.05, 0.1) is 16.5 Å². The number of hydrogen-bond donors (Lipinski definition) is 3. The second-order valence-electron chi connectivity index (χ2n) is 11.4. The standard InChI is InChI=1S/C33H32N6O3S/c1-19-10-9-17-38-28(19)36-29-24(33(38)42)18-23(27(34)39(29)21-13-5-6-14-21)30(40)37-32-26(22-15-7-8-16-25(22)43-32)31(41)35-20-11-3-2-4-12-20/h2-4,9-12,17-18,21,34H,5-8,13-16H2,1H3,(H,35,41)(H,37,40). The van der Waals surface area contributed by atoms with Gasteiger partial charge in [0.1, 0.15) is 21.8 Å². The van der Waals surface area contributed by atoms with Crippen LogP contribution in [0.2, 0.25) is 0 Å². The van der Waals surface area contributed by atoms with Crippen LogP contribution in [-0.4, -0.2) is 25.8 Å². The summed E-state index contributed by atoms with van der Waals surface area (Å²) < 4.78 is 3.29. The average Bonchev–Trinajstić information content (AvgIpc) is 3.66. The highest BCUT2D eigenvalue weighted by Crippen LogP contribution is 2.39. The Bertz CT molecular complexity index is 2040. The van der Waals surface area contributed by atoms with Crippen molar-refractivity contribution < 1.29 is 9.59 Å². The van der Waals surface area contributed by atoms with Crippen molar-refractivity contribution in [3.63, 3.8) is 0 Å². The molecule has 3 N–H and O–H groups in total. The summed E-state index contributed by atoms with van der Waals surface area (Å²) in [6.45, 7) is 1.91. The first-order chi connectivity index (χ1) is 20.9. The fourth-order valence-electron chi connectivity index (χ4n) is 6.53. The summed E-state index contributed by atoms with van der Waals surface area (Å²) in [6, 6.07) is 14.4. The second-order valence-corrected chi connectivity index (χ2v) is 12.5. The molecule has 2 amide bonds. The Hall–Kier alpha value is -4.57. The quantitative estimate of drug-likeness (QED) is 0.217. The molecule has 0 radical (unpaired) electrons. The lowest BCUT2D eigenvalue weighted by Crippen LogP contribution is -2.34. The number of carbonyl (C=O) groups is 2. The third-order valence-corrected chi connectivity index (χ3v) is 9.88. The Labute approximate surface area is 251 Å². The number of para-hydroxylation sites is 1. The number of rotatable bonds is 5. The van der Waals surface area contributed by atoms with Gasteiger partial charge in [-0.2, -0.15) is 0 Å². The Morgan fingerprint density at radius 3 is 2.51 bits per heavy atom. The third kappa shape index (κ3) is 4.75. The number of amides is 2. The van der Waals surface area contributed by atoms with Gasteiger partial charge >= 0.3 is 0 Å². The molecule has 1 fully saturated rings. The number of pyridine rings is 2. The summed E-state index contributed by atoms with van der Waals surface area (Å²) >= 11 is 1.43. The number of carbonyl (C=O) groups excluding carboxylic acids is 2. The molecule has 218 valence electrons. The lowest BCUT2D eigenvalue weighted by atomic mass is 9.95. The molecular formula is C33H32N6O3S. The van der Waals surface area contributed by atoms with Crippen LogP contribution in [0.1, 0.15) is 81.3 Å². The Morgan fingerprint density at radius 1 is 0.953 bits per heavy atom. The van der Waals surface area contributed by atoms with E-state index in [1.807, 2.05) is 43.3 Å². The molecule has 7 rings (SSSR count). The molecule has 4 heterocycles. The number of nitrogens with zero attached hydrogens (tertiary/aromatic N) is 3. The normalized spacial score (nSPS) is 15.1. The lowest BCUT2D eigenvalue weighted by Gasteiger charge is -2.20. The molecule has 10 heteroatoms. The van der Waals surface area contributed by atoms with Crippen molar-refractivity contribution >= 4 is 50.5 Å². The molecule has 43 heavy (non-hydrogen) atoms. The van der Waals surface area contributed by atoms with E-state index in [1.54, 1.807) is 16.8 Å². The van der Waals surface area contributed by atoms with E-state index in [2.05, 4.69) is 10.6 Å². The summed E-state index contributed by atoms with van der Waals surface area (Å²) in [5.74, 6) is -0.782. The maximum atomic E-state index is 14.0. The number of fused-ring (bicyclic) bond motifs is 3. The summed E-state index contributed by atoms with van der Waals surface area (Å²) in [4.78, 5) is 47.4. The van der Waals surface area contributed by atoms with Crippen LogP contribution < -0.4 is 21.7 Å². The highest BCUT2D eigenvalue weighted by Gasteiger charge is 2.29. The van der Waals surface area contributed by atoms with Gasteiger partial charge in [-0.3, -0.25) is 24.2 Å². The average molecular weight is 593 g/mol. The Kier molecular flexibility index (Phi) is 6.93. The molecule has 5 aromatic rings. The minimum Gasteiger partial charge on any atom is -0.322 e. The van der Waals surface area contributed by atoms with E-state index in [1.165, 1.54) is 21.8 Å². The number of nitrogens with one attached hydrogen (secondary N) is 3. The van der Waals surface area contributed by atoms with E-state index in [-0.39, 0.29) is 28.6 Å². The zero-order chi connectivity index (χ0) is 29.7. The Balaban J connectivity index is 1.35. The molecule has 4 aromatic heterocycles. The monoisotopic (exact) mass is 592 g/mol. The zero-order valence-corrected chi connectivity index (χ0v) is 24.7. The number of aromatic nitrogens is 3. The minimum atomic E-state index is -0.514. The van der Waals surface area contributed by atoms with Crippen LogP contribution in [0.3, 0.4) is 0 Å². The predicted molar refractivity (Wildman–Crippen MR) is 168 cm³/mol. The smallest absolute Gasteiger partial charge is 0.267 e. The molecular weight excluding hydrogens is 560 g/mol. The molecule has 1 saturated carbocycles. The van der Waals surface area contributed by atoms with Crippen molar-refractivity contribution in [2.75, 3.05) is 10.6 Å². The first-order valence-corrected chi connectivity index (χ1v) is 15.7. The molecule has 2 aliphatic rings. The van der Waals surface area contributed by atoms with E-state index in [9.17, 15) is 19.8 Å². The summed E-state index contributed by atoms with van der Waals surface area (Å²) in [6.07, 6.45) is 9.07. The number of thiophene rings is 1. The molecule has 0 saturated heterocycles. The minimum absolute atomic E-state index is 0.0256. The van der Waals surface area contributed by atoms with E-state index in [4.69, 9.17) is 4.98 Å². The number of benzene rings is 1. The van der Waals surface area contributed by atoms with Crippen LogP contribution in [-0.2, 0) is 12.8 Å². The van der Waals surface area contributed by atoms with Crippen LogP contribution in [0.4, 0.5) is 10.7 Å². The first-order valence-electron chi connectivity index (χ1n) is 14.8.